The van der Waals surface area contributed by atoms with Crippen molar-refractivity contribution in [3.05, 3.63) is 11.9 Å². The first-order chi connectivity index (χ1) is 8.90. The lowest BCUT2D eigenvalue weighted by molar-refractivity contribution is -0.144. The molecule has 1 fully saturated rings. The van der Waals surface area contributed by atoms with Gasteiger partial charge in [-0.3, -0.25) is 0 Å². The van der Waals surface area contributed by atoms with Crippen molar-refractivity contribution in [1.29, 1.82) is 0 Å². The van der Waals surface area contributed by atoms with Crippen LogP contribution < -0.4 is 10.6 Å². The molecule has 0 bridgehead atoms. The third-order valence-electron chi connectivity index (χ3n) is 3.41. The summed E-state index contributed by atoms with van der Waals surface area (Å²) in [6.07, 6.45) is -1.48. The molecule has 1 saturated heterocycles. The molecule has 0 spiro atoms. The lowest BCUT2D eigenvalue weighted by Crippen LogP contribution is -2.36. The summed E-state index contributed by atoms with van der Waals surface area (Å²) < 4.78 is 38.0. The molecule has 1 atom stereocenters. The molecule has 0 saturated carbocycles. The van der Waals surface area contributed by atoms with E-state index in [1.54, 1.807) is 0 Å². The van der Waals surface area contributed by atoms with E-state index in [4.69, 9.17) is 5.73 Å². The van der Waals surface area contributed by atoms with Crippen molar-refractivity contribution in [2.45, 2.75) is 32.4 Å². The SMILES string of the molecule is CCC1CCCN(c2cc(N)nc(C(F)(F)F)n2)C1. The second kappa shape index (κ2) is 5.22. The van der Waals surface area contributed by atoms with Crippen LogP contribution in [-0.4, -0.2) is 23.1 Å². The molecular formula is C12H17F3N4. The average molecular weight is 274 g/mol. The quantitative estimate of drug-likeness (QED) is 0.901. The highest BCUT2D eigenvalue weighted by molar-refractivity contribution is 5.47. The van der Waals surface area contributed by atoms with Crippen LogP contribution in [0.15, 0.2) is 6.07 Å². The molecule has 106 valence electrons. The van der Waals surface area contributed by atoms with Gasteiger partial charge in [-0.05, 0) is 18.8 Å². The topological polar surface area (TPSA) is 55.0 Å². The smallest absolute Gasteiger partial charge is 0.384 e. The minimum absolute atomic E-state index is 0.143. The van der Waals surface area contributed by atoms with Gasteiger partial charge in [-0.1, -0.05) is 13.3 Å². The molecule has 2 rings (SSSR count). The molecule has 19 heavy (non-hydrogen) atoms. The first-order valence-electron chi connectivity index (χ1n) is 6.37. The summed E-state index contributed by atoms with van der Waals surface area (Å²) in [5.41, 5.74) is 5.45. The molecule has 0 amide bonds. The summed E-state index contributed by atoms with van der Waals surface area (Å²) >= 11 is 0. The zero-order valence-electron chi connectivity index (χ0n) is 10.7. The van der Waals surface area contributed by atoms with Gasteiger partial charge in [0.1, 0.15) is 11.6 Å². The third-order valence-corrected chi connectivity index (χ3v) is 3.41. The Hall–Kier alpha value is -1.53. The van der Waals surface area contributed by atoms with Gasteiger partial charge < -0.3 is 10.6 Å². The number of anilines is 2. The second-order valence-corrected chi connectivity index (χ2v) is 4.83. The number of alkyl halides is 3. The highest BCUT2D eigenvalue weighted by Gasteiger charge is 2.36. The molecule has 1 aromatic heterocycles. The van der Waals surface area contributed by atoms with Gasteiger partial charge in [0, 0.05) is 19.2 Å². The zero-order valence-corrected chi connectivity index (χ0v) is 10.7. The third kappa shape index (κ3) is 3.27. The summed E-state index contributed by atoms with van der Waals surface area (Å²) in [5.74, 6) is -0.533. The largest absolute Gasteiger partial charge is 0.451 e. The van der Waals surface area contributed by atoms with Crippen LogP contribution in [0.4, 0.5) is 24.8 Å². The van der Waals surface area contributed by atoms with Crippen LogP contribution in [0.1, 0.15) is 32.0 Å². The molecule has 0 aromatic carbocycles. The Morgan fingerprint density at radius 2 is 2.16 bits per heavy atom. The standard InChI is InChI=1S/C12H17F3N4/c1-2-8-4-3-5-19(7-8)10-6-9(16)17-11(18-10)12(13,14)15/h6,8H,2-5,7H2,1H3,(H2,16,17,18). The number of nitrogens with zero attached hydrogens (tertiary/aromatic N) is 3. The van der Waals surface area contributed by atoms with E-state index in [2.05, 4.69) is 16.9 Å². The monoisotopic (exact) mass is 274 g/mol. The number of nitrogens with two attached hydrogens (primary N) is 1. The summed E-state index contributed by atoms with van der Waals surface area (Å²) in [6, 6.07) is 1.41. The number of halogens is 3. The first-order valence-corrected chi connectivity index (χ1v) is 6.37. The van der Waals surface area contributed by atoms with E-state index in [0.717, 1.165) is 25.8 Å². The Morgan fingerprint density at radius 1 is 1.42 bits per heavy atom. The van der Waals surface area contributed by atoms with Gasteiger partial charge in [-0.2, -0.15) is 13.2 Å². The van der Waals surface area contributed by atoms with Gasteiger partial charge in [-0.15, -0.1) is 0 Å². The van der Waals surface area contributed by atoms with Crippen molar-refractivity contribution in [2.75, 3.05) is 23.7 Å². The van der Waals surface area contributed by atoms with Crippen molar-refractivity contribution in [1.82, 2.24) is 9.97 Å². The highest BCUT2D eigenvalue weighted by atomic mass is 19.4. The predicted octanol–water partition coefficient (Wildman–Crippen LogP) is 2.70. The Morgan fingerprint density at radius 3 is 2.79 bits per heavy atom. The van der Waals surface area contributed by atoms with E-state index < -0.39 is 12.0 Å². The fourth-order valence-corrected chi connectivity index (χ4v) is 2.35. The normalized spacial score (nSPS) is 20.6. The average Bonchev–Trinajstić information content (AvgIpc) is 2.37. The second-order valence-electron chi connectivity index (χ2n) is 4.83. The van der Waals surface area contributed by atoms with E-state index in [-0.39, 0.29) is 11.6 Å². The van der Waals surface area contributed by atoms with Crippen LogP contribution in [0, 0.1) is 5.92 Å². The number of piperidine rings is 1. The van der Waals surface area contributed by atoms with Gasteiger partial charge in [0.25, 0.3) is 0 Å². The van der Waals surface area contributed by atoms with Gasteiger partial charge in [0.2, 0.25) is 5.82 Å². The van der Waals surface area contributed by atoms with E-state index in [1.165, 1.54) is 6.07 Å². The predicted molar refractivity (Wildman–Crippen MR) is 66.7 cm³/mol. The van der Waals surface area contributed by atoms with Gasteiger partial charge in [0.15, 0.2) is 0 Å². The number of hydrogen-bond acceptors (Lipinski definition) is 4. The molecule has 1 aliphatic heterocycles. The maximum Gasteiger partial charge on any atom is 0.451 e. The van der Waals surface area contributed by atoms with E-state index in [1.807, 2.05) is 4.90 Å². The van der Waals surface area contributed by atoms with E-state index in [0.29, 0.717) is 12.5 Å². The molecule has 1 unspecified atom stereocenters. The summed E-state index contributed by atoms with van der Waals surface area (Å²) in [5, 5.41) is 0. The zero-order chi connectivity index (χ0) is 14.0. The molecule has 1 aromatic rings. The minimum atomic E-state index is -4.57. The summed E-state index contributed by atoms with van der Waals surface area (Å²) in [6.45, 7) is 3.53. The fourth-order valence-electron chi connectivity index (χ4n) is 2.35. The van der Waals surface area contributed by atoms with Crippen molar-refractivity contribution in [2.24, 2.45) is 5.92 Å². The molecule has 2 N–H and O–H groups in total. The van der Waals surface area contributed by atoms with Gasteiger partial charge >= 0.3 is 6.18 Å². The molecule has 4 nitrogen and oxygen atoms in total. The highest BCUT2D eigenvalue weighted by Crippen LogP contribution is 2.30. The Labute approximate surface area is 109 Å². The van der Waals surface area contributed by atoms with E-state index >= 15 is 0 Å². The number of hydrogen-bond donors (Lipinski definition) is 1. The van der Waals surface area contributed by atoms with Crippen molar-refractivity contribution < 1.29 is 13.2 Å². The summed E-state index contributed by atoms with van der Waals surface area (Å²) in [7, 11) is 0. The maximum absolute atomic E-state index is 12.7. The molecule has 1 aliphatic rings. The maximum atomic E-state index is 12.7. The lowest BCUT2D eigenvalue weighted by atomic mass is 9.96. The molecule has 0 radical (unpaired) electrons. The van der Waals surface area contributed by atoms with Crippen molar-refractivity contribution in [3.63, 3.8) is 0 Å². The van der Waals surface area contributed by atoms with Crippen LogP contribution in [-0.2, 0) is 6.18 Å². The molecule has 0 aliphatic carbocycles. The van der Waals surface area contributed by atoms with Crippen molar-refractivity contribution >= 4 is 11.6 Å². The number of aromatic nitrogens is 2. The van der Waals surface area contributed by atoms with Crippen LogP contribution in [0.25, 0.3) is 0 Å². The Kier molecular flexibility index (Phi) is 3.82. The molecular weight excluding hydrogens is 257 g/mol. The van der Waals surface area contributed by atoms with Crippen LogP contribution in [0.2, 0.25) is 0 Å². The summed E-state index contributed by atoms with van der Waals surface area (Å²) in [4.78, 5) is 8.73. The number of rotatable bonds is 2. The van der Waals surface area contributed by atoms with Gasteiger partial charge in [0.05, 0.1) is 0 Å². The Balaban J connectivity index is 2.26. The van der Waals surface area contributed by atoms with Crippen LogP contribution >= 0.6 is 0 Å². The first kappa shape index (κ1) is 13.9. The minimum Gasteiger partial charge on any atom is -0.384 e. The Bertz CT molecular complexity index is 447. The molecule has 2 heterocycles. The van der Waals surface area contributed by atoms with Gasteiger partial charge in [-0.25, -0.2) is 9.97 Å². The number of nitrogen functional groups attached to an aromatic ring is 1. The fraction of sp³-hybridized carbons (Fsp3) is 0.667. The van der Waals surface area contributed by atoms with Crippen LogP contribution in [0.3, 0.4) is 0 Å². The van der Waals surface area contributed by atoms with E-state index in [9.17, 15) is 13.2 Å². The van der Waals surface area contributed by atoms with Crippen molar-refractivity contribution in [3.8, 4) is 0 Å². The molecule has 7 heteroatoms. The van der Waals surface area contributed by atoms with Crippen LogP contribution in [0.5, 0.6) is 0 Å². The lowest BCUT2D eigenvalue weighted by Gasteiger charge is -2.33.